The van der Waals surface area contributed by atoms with Crippen LogP contribution in [-0.4, -0.2) is 38.7 Å². The van der Waals surface area contributed by atoms with Crippen molar-refractivity contribution in [1.82, 2.24) is 38.7 Å². The van der Waals surface area contributed by atoms with Gasteiger partial charge in [0, 0.05) is 31.2 Å². The van der Waals surface area contributed by atoms with E-state index in [1.807, 2.05) is 0 Å². The fourth-order valence-corrected chi connectivity index (χ4v) is 4.00. The van der Waals surface area contributed by atoms with Crippen LogP contribution in [-0.2, 0) is 27.2 Å². The Morgan fingerprint density at radius 3 is 2.39 bits per heavy atom. The van der Waals surface area contributed by atoms with Crippen molar-refractivity contribution in [2.24, 2.45) is 14.1 Å². The van der Waals surface area contributed by atoms with Crippen LogP contribution in [0.15, 0.2) is 40.3 Å². The number of nitrogens with zero attached hydrogens (tertiary/aromatic N) is 8. The minimum Gasteiger partial charge on any atom is -0.324 e. The van der Waals surface area contributed by atoms with Crippen LogP contribution >= 0.6 is 11.6 Å². The summed E-state index contributed by atoms with van der Waals surface area (Å²) in [5.41, 5.74) is -2.00. The highest BCUT2D eigenvalue weighted by Gasteiger charge is 2.22. The molecule has 0 amide bonds. The number of hydrogen-bond donors (Lipinski definition) is 1. The Labute approximate surface area is 214 Å². The first-order valence-electron chi connectivity index (χ1n) is 10.8. The number of halogens is 5. The lowest BCUT2D eigenvalue weighted by atomic mass is 10.2. The van der Waals surface area contributed by atoms with Gasteiger partial charge in [-0.3, -0.25) is 13.9 Å². The number of rotatable bonds is 6. The van der Waals surface area contributed by atoms with E-state index in [-0.39, 0.29) is 16.5 Å². The molecule has 11 nitrogen and oxygen atoms in total. The lowest BCUT2D eigenvalue weighted by Crippen LogP contribution is -2.43. The summed E-state index contributed by atoms with van der Waals surface area (Å²) in [6.07, 6.45) is 3.03. The molecule has 0 fully saturated rings. The second-order valence-corrected chi connectivity index (χ2v) is 8.69. The molecule has 196 valence electrons. The number of aromatic nitrogens is 8. The first-order valence-corrected chi connectivity index (χ1v) is 11.2. The van der Waals surface area contributed by atoms with Gasteiger partial charge >= 0.3 is 11.4 Å². The van der Waals surface area contributed by atoms with Crippen molar-refractivity contribution < 1.29 is 17.6 Å². The van der Waals surface area contributed by atoms with E-state index in [2.05, 4.69) is 25.5 Å². The lowest BCUT2D eigenvalue weighted by molar-refractivity contribution is 0.401. The van der Waals surface area contributed by atoms with Crippen LogP contribution in [0.1, 0.15) is 11.4 Å². The predicted octanol–water partition coefficient (Wildman–Crippen LogP) is 2.47. The van der Waals surface area contributed by atoms with Crippen LogP contribution in [0, 0.1) is 23.3 Å². The number of fused-ring (bicyclic) bond motifs is 1. The predicted molar refractivity (Wildman–Crippen MR) is 127 cm³/mol. The van der Waals surface area contributed by atoms with Gasteiger partial charge in [0.05, 0.1) is 29.3 Å². The fraction of sp³-hybridized carbons (Fsp3) is 0.182. The Hall–Kier alpha value is -4.53. The van der Waals surface area contributed by atoms with E-state index in [1.165, 1.54) is 17.1 Å². The molecule has 0 unspecified atom stereocenters. The van der Waals surface area contributed by atoms with Gasteiger partial charge in [-0.25, -0.2) is 36.7 Å². The van der Waals surface area contributed by atoms with Gasteiger partial charge in [0.1, 0.15) is 6.33 Å². The normalized spacial score (nSPS) is 11.4. The molecule has 0 radical (unpaired) electrons. The first kappa shape index (κ1) is 25.1. The van der Waals surface area contributed by atoms with Crippen LogP contribution in [0.25, 0.3) is 10.9 Å². The molecule has 3 aromatic heterocycles. The minimum atomic E-state index is -2.05. The molecule has 5 rings (SSSR count). The third kappa shape index (κ3) is 4.51. The molecule has 0 atom stereocenters. The molecule has 3 heterocycles. The summed E-state index contributed by atoms with van der Waals surface area (Å²) in [5, 5.41) is 11.8. The van der Waals surface area contributed by atoms with Gasteiger partial charge in [0.25, 0.3) is 0 Å². The molecular weight excluding hydrogens is 534 g/mol. The molecular formula is C22H16ClF4N9O2. The third-order valence-electron chi connectivity index (χ3n) is 5.56. The van der Waals surface area contributed by atoms with Gasteiger partial charge in [-0.1, -0.05) is 11.6 Å². The van der Waals surface area contributed by atoms with Crippen LogP contribution in [0.5, 0.6) is 0 Å². The summed E-state index contributed by atoms with van der Waals surface area (Å²) in [5.74, 6) is -7.74. The Kier molecular flexibility index (Phi) is 6.22. The van der Waals surface area contributed by atoms with Crippen LogP contribution in [0.3, 0.4) is 0 Å². The number of hydrogen-bond acceptors (Lipinski definition) is 7. The van der Waals surface area contributed by atoms with Crippen LogP contribution < -0.4 is 16.7 Å². The molecule has 2 aromatic carbocycles. The number of aryl methyl sites for hydroxylation is 2. The summed E-state index contributed by atoms with van der Waals surface area (Å²) in [4.78, 5) is 34.1. The average Bonchev–Trinajstić information content (AvgIpc) is 3.44. The van der Waals surface area contributed by atoms with Crippen LogP contribution in [0.4, 0.5) is 29.2 Å². The zero-order chi connectivity index (χ0) is 27.3. The van der Waals surface area contributed by atoms with Gasteiger partial charge in [0.15, 0.2) is 29.1 Å². The van der Waals surface area contributed by atoms with Crippen molar-refractivity contribution in [3.8, 4) is 0 Å². The summed E-state index contributed by atoms with van der Waals surface area (Å²) in [6.45, 7) is -1.22. The van der Waals surface area contributed by atoms with E-state index in [0.29, 0.717) is 21.5 Å². The Morgan fingerprint density at radius 2 is 1.68 bits per heavy atom. The zero-order valence-electron chi connectivity index (χ0n) is 19.6. The monoisotopic (exact) mass is 549 g/mol. The van der Waals surface area contributed by atoms with E-state index >= 15 is 0 Å². The number of nitrogens with one attached hydrogen (secondary N) is 1. The van der Waals surface area contributed by atoms with Gasteiger partial charge in [-0.15, -0.1) is 0 Å². The molecule has 0 spiro atoms. The zero-order valence-corrected chi connectivity index (χ0v) is 20.3. The van der Waals surface area contributed by atoms with E-state index in [4.69, 9.17) is 11.6 Å². The Bertz CT molecular complexity index is 1840. The van der Waals surface area contributed by atoms with Gasteiger partial charge < -0.3 is 5.32 Å². The number of benzene rings is 2. The summed E-state index contributed by atoms with van der Waals surface area (Å²) < 4.78 is 60.2. The van der Waals surface area contributed by atoms with Crippen LogP contribution in [0.2, 0.25) is 5.02 Å². The largest absolute Gasteiger partial charge is 0.355 e. The second kappa shape index (κ2) is 9.41. The minimum absolute atomic E-state index is 0.0934. The van der Waals surface area contributed by atoms with Crippen molar-refractivity contribution in [3.63, 3.8) is 0 Å². The van der Waals surface area contributed by atoms with E-state index in [1.54, 1.807) is 31.0 Å². The molecule has 0 saturated carbocycles. The maximum absolute atomic E-state index is 14.5. The fourth-order valence-electron chi connectivity index (χ4n) is 3.79. The van der Waals surface area contributed by atoms with E-state index in [9.17, 15) is 27.2 Å². The maximum atomic E-state index is 14.5. The molecule has 0 aliphatic carbocycles. The van der Waals surface area contributed by atoms with Crippen molar-refractivity contribution in [2.45, 2.75) is 13.1 Å². The van der Waals surface area contributed by atoms with Crippen molar-refractivity contribution in [2.75, 3.05) is 5.32 Å². The van der Waals surface area contributed by atoms with E-state index in [0.717, 1.165) is 4.57 Å². The Balaban J connectivity index is 1.66. The highest BCUT2D eigenvalue weighted by molar-refractivity contribution is 6.34. The smallest absolute Gasteiger partial charge is 0.324 e. The van der Waals surface area contributed by atoms with Gasteiger partial charge in [-0.05, 0) is 18.2 Å². The average molecular weight is 550 g/mol. The molecule has 0 saturated heterocycles. The van der Waals surface area contributed by atoms with Gasteiger partial charge in [-0.2, -0.15) is 15.2 Å². The maximum Gasteiger partial charge on any atom is 0.355 e. The summed E-state index contributed by atoms with van der Waals surface area (Å²) in [6, 6.07) is 3.51. The summed E-state index contributed by atoms with van der Waals surface area (Å²) >= 11 is 6.35. The molecule has 16 heteroatoms. The molecule has 0 bridgehead atoms. The van der Waals surface area contributed by atoms with Gasteiger partial charge in [0.2, 0.25) is 5.95 Å². The molecule has 1 N–H and O–H groups in total. The van der Waals surface area contributed by atoms with Crippen molar-refractivity contribution in [1.29, 1.82) is 0 Å². The molecule has 5 aromatic rings. The standard InChI is InChI=1S/C22H16ClF4N9O2/c1-33-6-10-4-15(12(23)5-14(10)31-33)29-20-30-21(37)36(8-16-28-9-34(2)32-16)22(38)35(20)7-11-3-13(24)18(26)19(27)17(11)25/h3-6,9H,7-8H2,1-2H3,(H,29,30,37). The Morgan fingerprint density at radius 1 is 0.921 bits per heavy atom. The van der Waals surface area contributed by atoms with E-state index < -0.39 is 59.2 Å². The summed E-state index contributed by atoms with van der Waals surface area (Å²) in [7, 11) is 3.28. The number of anilines is 2. The first-order chi connectivity index (χ1) is 18.0. The highest BCUT2D eigenvalue weighted by Crippen LogP contribution is 2.29. The molecule has 0 aliphatic heterocycles. The third-order valence-corrected chi connectivity index (χ3v) is 5.87. The van der Waals surface area contributed by atoms with Crippen molar-refractivity contribution in [3.05, 3.63) is 91.4 Å². The molecule has 38 heavy (non-hydrogen) atoms. The van der Waals surface area contributed by atoms with Crippen molar-refractivity contribution >= 4 is 34.1 Å². The second-order valence-electron chi connectivity index (χ2n) is 8.29. The quantitative estimate of drug-likeness (QED) is 0.196. The highest BCUT2D eigenvalue weighted by atomic mass is 35.5. The SMILES string of the molecule is Cn1cnc(Cn2c(=O)nc(Nc3cc4cn(C)nc4cc3Cl)n(Cc3cc(F)c(F)c(F)c3F)c2=O)n1. The lowest BCUT2D eigenvalue weighted by Gasteiger charge is -2.16. The topological polar surface area (TPSA) is 117 Å². The molecule has 0 aliphatic rings.